The van der Waals surface area contributed by atoms with Crippen molar-refractivity contribution in [1.29, 1.82) is 0 Å². The van der Waals surface area contributed by atoms with Gasteiger partial charge in [0.25, 0.3) is 0 Å². The third kappa shape index (κ3) is 12.7. The van der Waals surface area contributed by atoms with Crippen LogP contribution in [0, 0.1) is 18.0 Å². The Morgan fingerprint density at radius 2 is 0.442 bits per heavy atom. The highest BCUT2D eigenvalue weighted by Gasteiger charge is 2.36. The lowest BCUT2D eigenvalue weighted by Gasteiger charge is -2.14. The molecule has 4 unspecified atom stereocenters. The first-order valence-corrected chi connectivity index (χ1v) is 36.7. The fraction of sp³-hybridized carbons (Fsp3) is 0.0769. The minimum Gasteiger partial charge on any atom is -0.412 e. The lowest BCUT2D eigenvalue weighted by atomic mass is 10.2. The van der Waals surface area contributed by atoms with Crippen molar-refractivity contribution in [3.8, 4) is 0 Å². The standard InChI is InChI=1S/4C13H7F3INS.H2O/c4*14-13(15,16)8-4-3-7-11-12(8)18-9-5-1-2-6-10(9)19(11)17;/h4*1-7H;1H2. The molecule has 0 radical (unpaired) electrons. The van der Waals surface area contributed by atoms with Gasteiger partial charge >= 0.3 is 24.7 Å². The van der Waals surface area contributed by atoms with E-state index in [0.29, 0.717) is 40.8 Å². The normalized spacial score (nSPS) is 17.1. The zero-order chi connectivity index (χ0) is 54.5. The third-order valence-corrected chi connectivity index (χ3v) is 28.3. The Morgan fingerprint density at radius 3 is 0.623 bits per heavy atom. The number of alkyl halides is 12. The quantitative estimate of drug-likeness (QED) is 0.0824. The summed E-state index contributed by atoms with van der Waals surface area (Å²) in [6.07, 6.45) is -17.5. The maximum Gasteiger partial charge on any atom is 0.418 e. The second-order valence-electron chi connectivity index (χ2n) is 15.9. The average Bonchev–Trinajstić information content (AvgIpc) is 3.39. The van der Waals surface area contributed by atoms with Crippen molar-refractivity contribution in [3.63, 3.8) is 0 Å². The van der Waals surface area contributed by atoms with Crippen molar-refractivity contribution in [2.24, 2.45) is 20.0 Å². The molecule has 12 rings (SSSR count). The summed E-state index contributed by atoms with van der Waals surface area (Å²) in [5.74, 6) is 0. The first kappa shape index (κ1) is 59.5. The van der Waals surface area contributed by atoms with E-state index >= 15 is 0 Å². The largest absolute Gasteiger partial charge is 0.418 e. The molecule has 400 valence electrons. The van der Waals surface area contributed by atoms with E-state index in [1.54, 1.807) is 72.8 Å². The summed E-state index contributed by atoms with van der Waals surface area (Å²) in [7, 11) is -1.64. The summed E-state index contributed by atoms with van der Waals surface area (Å²) in [5, 5.41) is 0.246. The first-order chi connectivity index (χ1) is 35.9. The number of para-hydroxylation sites is 8. The predicted octanol–water partition coefficient (Wildman–Crippen LogP) is 18.8. The highest BCUT2D eigenvalue weighted by molar-refractivity contribution is 14.2. The van der Waals surface area contributed by atoms with Crippen molar-refractivity contribution in [2.75, 3.05) is 0 Å². The topological polar surface area (TPSA) is 80.9 Å². The molecule has 0 aliphatic carbocycles. The third-order valence-electron chi connectivity index (χ3n) is 11.2. The van der Waals surface area contributed by atoms with Gasteiger partial charge in [-0.05, 0) is 182 Å². The summed E-state index contributed by atoms with van der Waals surface area (Å²) in [5.41, 5.74) is -0.118. The van der Waals surface area contributed by atoms with Gasteiger partial charge < -0.3 is 5.48 Å². The number of fused-ring (bicyclic) bond motifs is 8. The molecule has 0 fully saturated rings. The Morgan fingerprint density at radius 1 is 0.260 bits per heavy atom. The molecular formula is C52H30F12I4N4OS4. The molecule has 4 atom stereocenters. The van der Waals surface area contributed by atoms with Gasteiger partial charge in [-0.15, -0.1) is 0 Å². The summed E-state index contributed by atoms with van der Waals surface area (Å²) in [6, 6.07) is 46.4. The Kier molecular flexibility index (Phi) is 18.4. The molecule has 0 amide bonds. The van der Waals surface area contributed by atoms with Crippen molar-refractivity contribution >= 4 is 138 Å². The van der Waals surface area contributed by atoms with Crippen LogP contribution in [0.25, 0.3) is 0 Å². The van der Waals surface area contributed by atoms with Crippen LogP contribution >= 0.6 is 115 Å². The highest BCUT2D eigenvalue weighted by atomic mass is 127. The molecule has 0 saturated carbocycles. The first-order valence-electron chi connectivity index (χ1n) is 21.6. The lowest BCUT2D eigenvalue weighted by Crippen LogP contribution is -2.21. The molecule has 0 saturated heterocycles. The van der Waals surface area contributed by atoms with Crippen LogP contribution in [0.15, 0.2) is 209 Å². The second kappa shape index (κ2) is 23.9. The Hall–Kier alpha value is -3.60. The minimum absolute atomic E-state index is 0. The van der Waals surface area contributed by atoms with Crippen molar-refractivity contribution in [2.45, 2.75) is 44.3 Å². The summed E-state index contributed by atoms with van der Waals surface area (Å²) in [4.78, 5) is 20.8. The molecule has 0 bridgehead atoms. The van der Waals surface area contributed by atoms with Gasteiger partial charge in [0, 0.05) is 37.6 Å². The van der Waals surface area contributed by atoms with Crippen LogP contribution in [0.3, 0.4) is 0 Å². The van der Waals surface area contributed by atoms with Crippen LogP contribution < -0.4 is 21.4 Å². The van der Waals surface area contributed by atoms with Gasteiger partial charge in [0.05, 0.1) is 66.4 Å². The van der Waals surface area contributed by atoms with Gasteiger partial charge in [-0.1, -0.05) is 103 Å². The molecule has 2 N–H and O–H groups in total. The number of benzene rings is 8. The van der Waals surface area contributed by atoms with Gasteiger partial charge in [-0.2, -0.15) is 52.7 Å². The molecular weight excluding hydrogens is 1560 g/mol. The number of rotatable bonds is 0. The molecule has 8 aromatic rings. The predicted molar refractivity (Wildman–Crippen MR) is 313 cm³/mol. The van der Waals surface area contributed by atoms with Crippen LogP contribution in [0.4, 0.5) is 75.4 Å². The number of hydrogen-bond acceptors (Lipinski definition) is 4. The minimum atomic E-state index is -4.37. The maximum atomic E-state index is 13.0. The summed E-state index contributed by atoms with van der Waals surface area (Å²) >= 11 is 8.74. The molecule has 4 aliphatic rings. The SMILES string of the molecule is FC(F)(F)c1cccc2c1=Nc1ccccc1S=2I.FC(F)(F)c1cccc2c1=Nc1ccccc1S=2I.FC(F)(F)c1cccc2c1=Nc1ccccc1S=2I.FC(F)(F)c1cccc2c1=Nc1ccccc1S=2I.O. The molecule has 8 aromatic carbocycles. The van der Waals surface area contributed by atoms with E-state index in [-0.39, 0.29) is 26.9 Å². The number of hydrogen-bond donors (Lipinski definition) is 0. The van der Waals surface area contributed by atoms with Gasteiger partial charge in [0.1, 0.15) is 0 Å². The fourth-order valence-corrected chi connectivity index (χ4v) is 21.6. The molecule has 4 heterocycles. The Labute approximate surface area is 486 Å². The average molecular weight is 1590 g/mol. The molecule has 4 aliphatic heterocycles. The van der Waals surface area contributed by atoms with E-state index in [1.807, 2.05) is 48.5 Å². The van der Waals surface area contributed by atoms with E-state index in [0.717, 1.165) is 43.8 Å². The second-order valence-corrected chi connectivity index (χ2v) is 32.1. The van der Waals surface area contributed by atoms with Crippen molar-refractivity contribution < 1.29 is 58.2 Å². The van der Waals surface area contributed by atoms with Crippen molar-refractivity contribution in [1.82, 2.24) is 0 Å². The van der Waals surface area contributed by atoms with Gasteiger partial charge in [0.2, 0.25) is 0 Å². The summed E-state index contributed by atoms with van der Waals surface area (Å²) in [6.45, 7) is 0. The summed E-state index contributed by atoms with van der Waals surface area (Å²) < 4.78 is 159. The van der Waals surface area contributed by atoms with Gasteiger partial charge in [-0.25, -0.2) is 20.0 Å². The number of halogens is 16. The van der Waals surface area contributed by atoms with Gasteiger partial charge in [-0.3, -0.25) is 0 Å². The molecule has 77 heavy (non-hydrogen) atoms. The van der Waals surface area contributed by atoms with Crippen LogP contribution in [-0.4, -0.2) is 5.48 Å². The smallest absolute Gasteiger partial charge is 0.412 e. The maximum absolute atomic E-state index is 13.0. The molecule has 0 aromatic heterocycles. The van der Waals surface area contributed by atoms with Crippen LogP contribution in [0.1, 0.15) is 22.3 Å². The van der Waals surface area contributed by atoms with E-state index in [4.69, 9.17) is 0 Å². The zero-order valence-corrected chi connectivity index (χ0v) is 50.0. The zero-order valence-electron chi connectivity index (χ0n) is 38.1. The molecule has 0 spiro atoms. The van der Waals surface area contributed by atoms with Crippen LogP contribution in [-0.2, 0) is 24.7 Å². The lowest BCUT2D eigenvalue weighted by molar-refractivity contribution is -0.139. The van der Waals surface area contributed by atoms with E-state index < -0.39 is 77.6 Å². The van der Waals surface area contributed by atoms with Crippen LogP contribution in [0.5, 0.6) is 0 Å². The van der Waals surface area contributed by atoms with E-state index in [1.165, 1.54) is 24.3 Å². The number of nitrogens with zero attached hydrogens (tertiary/aromatic N) is 4. The van der Waals surface area contributed by atoms with Gasteiger partial charge in [0.15, 0.2) is 0 Å². The Bertz CT molecular complexity index is 3680. The fourth-order valence-electron chi connectivity index (χ4n) is 7.80. The van der Waals surface area contributed by atoms with E-state index in [9.17, 15) is 52.7 Å². The van der Waals surface area contributed by atoms with E-state index in [2.05, 4.69) is 105 Å². The molecule has 25 heteroatoms. The van der Waals surface area contributed by atoms with Crippen LogP contribution in [0.2, 0.25) is 0 Å². The highest BCUT2D eigenvalue weighted by Crippen LogP contribution is 2.48. The Balaban J connectivity index is 0.000000135. The van der Waals surface area contributed by atoms with Crippen molar-refractivity contribution in [3.05, 3.63) is 232 Å². The molecule has 5 nitrogen and oxygen atoms in total. The monoisotopic (exact) mass is 1590 g/mol.